The van der Waals surface area contributed by atoms with Crippen LogP contribution < -0.4 is 10.6 Å². The Morgan fingerprint density at radius 3 is 2.57 bits per heavy atom. The minimum absolute atomic E-state index is 0.192. The van der Waals surface area contributed by atoms with Gasteiger partial charge in [-0.2, -0.15) is 0 Å². The fraction of sp³-hybridized carbons (Fsp3) is 0.400. The van der Waals surface area contributed by atoms with E-state index in [0.29, 0.717) is 15.2 Å². The number of hydrogen-bond donors (Lipinski definition) is 3. The zero-order chi connectivity index (χ0) is 17.1. The van der Waals surface area contributed by atoms with Crippen molar-refractivity contribution in [3.8, 4) is 0 Å². The average molecular weight is 339 g/mol. The first-order chi connectivity index (χ1) is 10.8. The molecule has 0 fully saturated rings. The fourth-order valence-electron chi connectivity index (χ4n) is 2.13. The highest BCUT2D eigenvalue weighted by Crippen LogP contribution is 2.27. The summed E-state index contributed by atoms with van der Waals surface area (Å²) in [6.07, 6.45) is -1.25. The summed E-state index contributed by atoms with van der Waals surface area (Å²) in [7, 11) is 0. The molecule has 0 aliphatic carbocycles. The largest absolute Gasteiger partial charge is 0.465 e. The van der Waals surface area contributed by atoms with E-state index in [1.54, 1.807) is 26.8 Å². The molecule has 0 saturated heterocycles. The van der Waals surface area contributed by atoms with E-state index in [1.807, 2.05) is 0 Å². The molecule has 2 amide bonds. The number of rotatable bonds is 5. The van der Waals surface area contributed by atoms with Crippen molar-refractivity contribution in [3.05, 3.63) is 29.0 Å². The zero-order valence-corrected chi connectivity index (χ0v) is 13.8. The van der Waals surface area contributed by atoms with Crippen molar-refractivity contribution < 1.29 is 19.1 Å². The molecule has 2 rings (SSSR count). The topological polar surface area (TPSA) is 91.3 Å². The number of carboxylic acid groups (broad SMARTS) is 1. The molecule has 8 heteroatoms. The van der Waals surface area contributed by atoms with Crippen LogP contribution in [0.25, 0.3) is 10.2 Å². The van der Waals surface area contributed by atoms with Crippen LogP contribution in [-0.4, -0.2) is 28.1 Å². The monoisotopic (exact) mass is 339 g/mol. The van der Waals surface area contributed by atoms with Crippen LogP contribution in [0.3, 0.4) is 0 Å². The van der Waals surface area contributed by atoms with Crippen molar-refractivity contribution in [3.63, 3.8) is 0 Å². The molecule has 1 aromatic heterocycles. The van der Waals surface area contributed by atoms with Gasteiger partial charge in [0.2, 0.25) is 5.91 Å². The molecule has 1 aromatic carbocycles. The van der Waals surface area contributed by atoms with Crippen molar-refractivity contribution in [1.29, 1.82) is 0 Å². The molecule has 0 spiro atoms. The number of benzene rings is 1. The number of carbonyl (C=O) groups is 2. The highest BCUT2D eigenvalue weighted by molar-refractivity contribution is 7.18. The van der Waals surface area contributed by atoms with Gasteiger partial charge in [-0.3, -0.25) is 4.79 Å². The van der Waals surface area contributed by atoms with Gasteiger partial charge >= 0.3 is 6.09 Å². The van der Waals surface area contributed by atoms with Crippen molar-refractivity contribution in [2.45, 2.75) is 32.9 Å². The normalized spacial score (nSPS) is 13.8. The van der Waals surface area contributed by atoms with Gasteiger partial charge in [-0.25, -0.2) is 14.2 Å². The summed E-state index contributed by atoms with van der Waals surface area (Å²) in [5.74, 6) is -0.946. The van der Waals surface area contributed by atoms with Gasteiger partial charge in [0.05, 0.1) is 16.3 Å². The smallest absolute Gasteiger partial charge is 0.405 e. The van der Waals surface area contributed by atoms with Crippen molar-refractivity contribution in [2.75, 3.05) is 0 Å². The quantitative estimate of drug-likeness (QED) is 0.781. The third-order valence-corrected chi connectivity index (χ3v) is 4.53. The Morgan fingerprint density at radius 2 is 1.96 bits per heavy atom. The van der Waals surface area contributed by atoms with Gasteiger partial charge in [0.15, 0.2) is 0 Å². The van der Waals surface area contributed by atoms with Crippen LogP contribution in [0, 0.1) is 11.7 Å². The van der Waals surface area contributed by atoms with Gasteiger partial charge in [0.25, 0.3) is 0 Å². The van der Waals surface area contributed by atoms with E-state index in [4.69, 9.17) is 5.11 Å². The van der Waals surface area contributed by atoms with E-state index in [1.165, 1.54) is 23.5 Å². The molecule has 1 heterocycles. The number of hydrogen-bond acceptors (Lipinski definition) is 4. The second-order valence-corrected chi connectivity index (χ2v) is 6.63. The van der Waals surface area contributed by atoms with Crippen LogP contribution in [0.5, 0.6) is 0 Å². The Kier molecular flexibility index (Phi) is 5.15. The Balaban J connectivity index is 2.13. The summed E-state index contributed by atoms with van der Waals surface area (Å²) in [6, 6.07) is 3.07. The Bertz CT molecular complexity index is 732. The number of halogens is 1. The number of carbonyl (C=O) groups excluding carboxylic acids is 1. The van der Waals surface area contributed by atoms with Crippen LogP contribution in [0.4, 0.5) is 9.18 Å². The summed E-state index contributed by atoms with van der Waals surface area (Å²) >= 11 is 1.29. The third kappa shape index (κ3) is 4.16. The zero-order valence-electron chi connectivity index (χ0n) is 13.0. The number of nitrogens with zero attached hydrogens (tertiary/aromatic N) is 1. The first kappa shape index (κ1) is 17.1. The molecule has 1 unspecified atom stereocenters. The molecular formula is C15H18FN3O3S. The summed E-state index contributed by atoms with van der Waals surface area (Å²) in [6.45, 7) is 5.26. The highest BCUT2D eigenvalue weighted by atomic mass is 32.1. The molecule has 6 nitrogen and oxygen atoms in total. The number of amides is 2. The highest BCUT2D eigenvalue weighted by Gasteiger charge is 2.26. The van der Waals surface area contributed by atoms with Crippen LogP contribution in [-0.2, 0) is 4.79 Å². The molecule has 0 radical (unpaired) electrons. The van der Waals surface area contributed by atoms with E-state index in [2.05, 4.69) is 15.6 Å². The Labute approximate surface area is 136 Å². The van der Waals surface area contributed by atoms with Crippen LogP contribution >= 0.6 is 11.3 Å². The van der Waals surface area contributed by atoms with Gasteiger partial charge < -0.3 is 15.7 Å². The first-order valence-corrected chi connectivity index (χ1v) is 7.95. The third-order valence-electron chi connectivity index (χ3n) is 3.32. The Morgan fingerprint density at radius 1 is 1.26 bits per heavy atom. The molecule has 2 aromatic rings. The molecule has 0 saturated carbocycles. The molecule has 23 heavy (non-hydrogen) atoms. The van der Waals surface area contributed by atoms with Crippen LogP contribution in [0.1, 0.15) is 31.8 Å². The number of aromatic nitrogens is 1. The van der Waals surface area contributed by atoms with E-state index < -0.39 is 24.1 Å². The molecule has 0 aliphatic rings. The minimum atomic E-state index is -1.25. The molecular weight excluding hydrogens is 321 g/mol. The second-order valence-electron chi connectivity index (χ2n) is 5.57. The lowest BCUT2D eigenvalue weighted by atomic mass is 10.0. The predicted molar refractivity (Wildman–Crippen MR) is 85.9 cm³/mol. The maximum atomic E-state index is 13.2. The van der Waals surface area contributed by atoms with E-state index in [9.17, 15) is 14.0 Å². The van der Waals surface area contributed by atoms with E-state index in [-0.39, 0.29) is 11.7 Å². The Hall–Kier alpha value is -2.22. The first-order valence-electron chi connectivity index (χ1n) is 7.13. The minimum Gasteiger partial charge on any atom is -0.465 e. The van der Waals surface area contributed by atoms with Crippen LogP contribution in [0.15, 0.2) is 18.2 Å². The SMILES string of the molecule is CC(NC(=O)[C@H](NC(=O)O)C(C)C)c1nc2ccc(F)cc2s1. The van der Waals surface area contributed by atoms with Crippen molar-refractivity contribution >= 4 is 33.6 Å². The van der Waals surface area contributed by atoms with Gasteiger partial charge in [0, 0.05) is 0 Å². The van der Waals surface area contributed by atoms with Crippen LogP contribution in [0.2, 0.25) is 0 Å². The lowest BCUT2D eigenvalue weighted by molar-refractivity contribution is -0.124. The molecule has 3 N–H and O–H groups in total. The van der Waals surface area contributed by atoms with Gasteiger partial charge in [-0.05, 0) is 31.0 Å². The summed E-state index contributed by atoms with van der Waals surface area (Å²) < 4.78 is 13.9. The summed E-state index contributed by atoms with van der Waals surface area (Å²) in [4.78, 5) is 27.4. The van der Waals surface area contributed by atoms with Gasteiger partial charge in [0.1, 0.15) is 16.9 Å². The van der Waals surface area contributed by atoms with Crippen molar-refractivity contribution in [2.24, 2.45) is 5.92 Å². The van der Waals surface area contributed by atoms with Gasteiger partial charge in [-0.1, -0.05) is 13.8 Å². The van der Waals surface area contributed by atoms with Crippen molar-refractivity contribution in [1.82, 2.24) is 15.6 Å². The molecule has 124 valence electrons. The lowest BCUT2D eigenvalue weighted by Crippen LogP contribution is -2.49. The number of fused-ring (bicyclic) bond motifs is 1. The molecule has 2 atom stereocenters. The fourth-order valence-corrected chi connectivity index (χ4v) is 3.13. The number of nitrogens with one attached hydrogen (secondary N) is 2. The van der Waals surface area contributed by atoms with Gasteiger partial charge in [-0.15, -0.1) is 11.3 Å². The summed E-state index contributed by atoms with van der Waals surface area (Å²) in [5.41, 5.74) is 0.663. The lowest BCUT2D eigenvalue weighted by Gasteiger charge is -2.22. The second kappa shape index (κ2) is 6.91. The predicted octanol–water partition coefficient (Wildman–Crippen LogP) is 2.90. The van der Waals surface area contributed by atoms with E-state index >= 15 is 0 Å². The number of thiazole rings is 1. The summed E-state index contributed by atoms with van der Waals surface area (Å²) in [5, 5.41) is 14.4. The maximum absolute atomic E-state index is 13.2. The molecule has 0 aliphatic heterocycles. The van der Waals surface area contributed by atoms with E-state index in [0.717, 1.165) is 0 Å². The standard InChI is InChI=1S/C15H18FN3O3S/c1-7(2)12(19-15(21)22)13(20)17-8(3)14-18-10-5-4-9(16)6-11(10)23-14/h4-8,12,19H,1-3H3,(H,17,20)(H,21,22)/t8?,12-/m1/s1. The average Bonchev–Trinajstić information content (AvgIpc) is 2.87. The maximum Gasteiger partial charge on any atom is 0.405 e. The molecule has 0 bridgehead atoms.